The Bertz CT molecular complexity index is 996. The number of halogens is 1. The first-order chi connectivity index (χ1) is 10.7. The third kappa shape index (κ3) is 2.28. The molecule has 0 saturated carbocycles. The zero-order chi connectivity index (χ0) is 15.1. The highest BCUT2D eigenvalue weighted by Crippen LogP contribution is 2.34. The van der Waals surface area contributed by atoms with Crippen molar-refractivity contribution >= 4 is 55.6 Å². The summed E-state index contributed by atoms with van der Waals surface area (Å²) in [5, 5.41) is 6.03. The molecule has 2 aromatic carbocycles. The minimum atomic E-state index is 0.683. The van der Waals surface area contributed by atoms with E-state index in [2.05, 4.69) is 20.3 Å². The van der Waals surface area contributed by atoms with Crippen LogP contribution < -0.4 is 5.32 Å². The number of aryl methyl sites for hydroxylation is 1. The summed E-state index contributed by atoms with van der Waals surface area (Å²) in [7, 11) is 0. The third-order valence-corrected chi connectivity index (χ3v) is 4.59. The molecule has 1 N–H and O–H groups in total. The molecular formula is C16H11ClN4S. The van der Waals surface area contributed by atoms with Gasteiger partial charge in [0.05, 0.1) is 26.1 Å². The van der Waals surface area contributed by atoms with Crippen LogP contribution in [0.4, 0.5) is 11.5 Å². The predicted octanol–water partition coefficient (Wildman–Crippen LogP) is 4.94. The number of fused-ring (bicyclic) bond motifs is 3. The molecule has 0 atom stereocenters. The summed E-state index contributed by atoms with van der Waals surface area (Å²) >= 11 is 7.70. The van der Waals surface area contributed by atoms with Crippen molar-refractivity contribution in [3.63, 3.8) is 0 Å². The number of thiazole rings is 1. The Labute approximate surface area is 135 Å². The average molecular weight is 327 g/mol. The molecule has 0 spiro atoms. The van der Waals surface area contributed by atoms with Crippen LogP contribution in [0.25, 0.3) is 21.1 Å². The van der Waals surface area contributed by atoms with Crippen LogP contribution in [0.2, 0.25) is 5.02 Å². The quantitative estimate of drug-likeness (QED) is 0.566. The van der Waals surface area contributed by atoms with E-state index in [4.69, 9.17) is 11.6 Å². The molecule has 4 rings (SSSR count). The first-order valence-electron chi connectivity index (χ1n) is 6.74. The maximum Gasteiger partial charge on any atom is 0.143 e. The molecule has 2 aromatic heterocycles. The lowest BCUT2D eigenvalue weighted by Crippen LogP contribution is -1.96. The van der Waals surface area contributed by atoms with Gasteiger partial charge in [0.15, 0.2) is 0 Å². The molecular weight excluding hydrogens is 316 g/mol. The Hall–Kier alpha value is -2.24. The summed E-state index contributed by atoms with van der Waals surface area (Å²) in [5.41, 5.74) is 2.76. The lowest BCUT2D eigenvalue weighted by molar-refractivity contribution is 1.22. The first kappa shape index (κ1) is 13.4. The highest BCUT2D eigenvalue weighted by Gasteiger charge is 2.11. The van der Waals surface area contributed by atoms with Crippen molar-refractivity contribution in [3.05, 3.63) is 52.8 Å². The molecule has 2 heterocycles. The molecule has 0 aliphatic carbocycles. The van der Waals surface area contributed by atoms with E-state index in [9.17, 15) is 0 Å². The van der Waals surface area contributed by atoms with E-state index in [0.717, 1.165) is 37.6 Å². The van der Waals surface area contributed by atoms with Gasteiger partial charge in [-0.2, -0.15) is 0 Å². The molecule has 0 radical (unpaired) electrons. The maximum absolute atomic E-state index is 6.05. The normalized spacial score (nSPS) is 11.2. The van der Waals surface area contributed by atoms with Gasteiger partial charge in [-0.25, -0.2) is 15.0 Å². The number of hydrogen-bond donors (Lipinski definition) is 1. The lowest BCUT2D eigenvalue weighted by Gasteiger charge is -2.09. The zero-order valence-electron chi connectivity index (χ0n) is 11.7. The number of rotatable bonds is 2. The second kappa shape index (κ2) is 5.19. The van der Waals surface area contributed by atoms with E-state index >= 15 is 0 Å². The number of benzene rings is 2. The van der Waals surface area contributed by atoms with Crippen LogP contribution >= 0.6 is 22.9 Å². The molecule has 6 heteroatoms. The molecule has 108 valence electrons. The SMILES string of the molecule is Cc1nc2ccc3ncnc(Nc4cccc(Cl)c4)c3c2s1. The summed E-state index contributed by atoms with van der Waals surface area (Å²) in [5.74, 6) is 0.765. The second-order valence-corrected chi connectivity index (χ2v) is 6.54. The fourth-order valence-corrected chi connectivity index (χ4v) is 3.59. The molecule has 0 unspecified atom stereocenters. The predicted molar refractivity (Wildman–Crippen MR) is 92.2 cm³/mol. The van der Waals surface area contributed by atoms with Gasteiger partial charge < -0.3 is 5.32 Å². The zero-order valence-corrected chi connectivity index (χ0v) is 13.2. The molecule has 0 aliphatic rings. The highest BCUT2D eigenvalue weighted by molar-refractivity contribution is 7.19. The van der Waals surface area contributed by atoms with E-state index in [1.54, 1.807) is 17.7 Å². The summed E-state index contributed by atoms with van der Waals surface area (Å²) in [6.07, 6.45) is 1.56. The number of aromatic nitrogens is 3. The van der Waals surface area contributed by atoms with Gasteiger partial charge in [0, 0.05) is 10.7 Å². The number of hydrogen-bond acceptors (Lipinski definition) is 5. The summed E-state index contributed by atoms with van der Waals surface area (Å²) in [6.45, 7) is 2.00. The minimum Gasteiger partial charge on any atom is -0.340 e. The van der Waals surface area contributed by atoms with Gasteiger partial charge in [-0.15, -0.1) is 11.3 Å². The smallest absolute Gasteiger partial charge is 0.143 e. The fraction of sp³-hybridized carbons (Fsp3) is 0.0625. The Morgan fingerprint density at radius 3 is 2.82 bits per heavy atom. The van der Waals surface area contributed by atoms with Gasteiger partial charge in [-0.1, -0.05) is 17.7 Å². The van der Waals surface area contributed by atoms with E-state index in [-0.39, 0.29) is 0 Å². The van der Waals surface area contributed by atoms with Crippen molar-refractivity contribution in [2.45, 2.75) is 6.92 Å². The monoisotopic (exact) mass is 326 g/mol. The molecule has 0 fully saturated rings. The van der Waals surface area contributed by atoms with Crippen molar-refractivity contribution in [2.24, 2.45) is 0 Å². The van der Waals surface area contributed by atoms with E-state index in [1.807, 2.05) is 43.3 Å². The van der Waals surface area contributed by atoms with Crippen LogP contribution in [0.5, 0.6) is 0 Å². The van der Waals surface area contributed by atoms with Gasteiger partial charge in [0.1, 0.15) is 12.1 Å². The Morgan fingerprint density at radius 2 is 1.95 bits per heavy atom. The van der Waals surface area contributed by atoms with Crippen LogP contribution in [-0.4, -0.2) is 15.0 Å². The highest BCUT2D eigenvalue weighted by atomic mass is 35.5. The van der Waals surface area contributed by atoms with Gasteiger partial charge in [0.25, 0.3) is 0 Å². The lowest BCUT2D eigenvalue weighted by atomic mass is 10.2. The molecule has 0 aliphatic heterocycles. The van der Waals surface area contributed by atoms with Gasteiger partial charge in [-0.05, 0) is 37.3 Å². The Kier molecular flexibility index (Phi) is 3.17. The Balaban J connectivity index is 1.95. The van der Waals surface area contributed by atoms with Crippen LogP contribution in [0, 0.1) is 6.92 Å². The molecule has 0 amide bonds. The van der Waals surface area contributed by atoms with Crippen LogP contribution in [0.15, 0.2) is 42.7 Å². The van der Waals surface area contributed by atoms with Crippen molar-refractivity contribution in [1.29, 1.82) is 0 Å². The molecule has 4 nitrogen and oxygen atoms in total. The second-order valence-electron chi connectivity index (χ2n) is 4.90. The summed E-state index contributed by atoms with van der Waals surface area (Å²) in [6, 6.07) is 11.5. The first-order valence-corrected chi connectivity index (χ1v) is 7.93. The van der Waals surface area contributed by atoms with Crippen LogP contribution in [0.1, 0.15) is 5.01 Å². The molecule has 0 bridgehead atoms. The molecule has 0 saturated heterocycles. The minimum absolute atomic E-state index is 0.683. The molecule has 4 aromatic rings. The van der Waals surface area contributed by atoms with E-state index in [0.29, 0.717) is 5.02 Å². The summed E-state index contributed by atoms with van der Waals surface area (Å²) in [4.78, 5) is 13.3. The van der Waals surface area contributed by atoms with Crippen molar-refractivity contribution in [3.8, 4) is 0 Å². The van der Waals surface area contributed by atoms with Gasteiger partial charge >= 0.3 is 0 Å². The maximum atomic E-state index is 6.05. The van der Waals surface area contributed by atoms with Gasteiger partial charge in [0.2, 0.25) is 0 Å². The Morgan fingerprint density at radius 1 is 1.09 bits per heavy atom. The molecule has 22 heavy (non-hydrogen) atoms. The third-order valence-electron chi connectivity index (χ3n) is 3.35. The standard InChI is InChI=1S/C16H11ClN4S/c1-9-20-13-6-5-12-14(15(13)22-9)16(19-8-18-12)21-11-4-2-3-10(17)7-11/h2-8H,1H3,(H,18,19,21). The van der Waals surface area contributed by atoms with E-state index < -0.39 is 0 Å². The number of anilines is 2. The number of nitrogens with one attached hydrogen (secondary N) is 1. The van der Waals surface area contributed by atoms with Crippen molar-refractivity contribution in [2.75, 3.05) is 5.32 Å². The van der Waals surface area contributed by atoms with Gasteiger partial charge in [-0.3, -0.25) is 0 Å². The largest absolute Gasteiger partial charge is 0.340 e. The topological polar surface area (TPSA) is 50.7 Å². The van der Waals surface area contributed by atoms with Crippen LogP contribution in [-0.2, 0) is 0 Å². The average Bonchev–Trinajstić information content (AvgIpc) is 2.88. The summed E-state index contributed by atoms with van der Waals surface area (Å²) < 4.78 is 1.10. The number of nitrogens with zero attached hydrogens (tertiary/aromatic N) is 3. The van der Waals surface area contributed by atoms with Crippen LogP contribution in [0.3, 0.4) is 0 Å². The van der Waals surface area contributed by atoms with Crippen molar-refractivity contribution in [1.82, 2.24) is 15.0 Å². The van der Waals surface area contributed by atoms with E-state index in [1.165, 1.54) is 0 Å². The fourth-order valence-electron chi connectivity index (χ4n) is 2.44. The van der Waals surface area contributed by atoms with Crippen molar-refractivity contribution < 1.29 is 0 Å².